The average Bonchev–Trinajstić information content (AvgIpc) is 3.52. The zero-order valence-corrected chi connectivity index (χ0v) is 43.3. The van der Waals surface area contributed by atoms with Crippen LogP contribution in [0.5, 0.6) is 0 Å². The summed E-state index contributed by atoms with van der Waals surface area (Å²) in [6, 6.07) is 12.1. The third-order valence-corrected chi connectivity index (χ3v) is 15.9. The summed E-state index contributed by atoms with van der Waals surface area (Å²) in [5.74, 6) is 1.28. The Labute approximate surface area is 415 Å². The minimum absolute atomic E-state index is 0.0570. The van der Waals surface area contributed by atoms with E-state index in [-0.39, 0.29) is 24.3 Å². The topological polar surface area (TPSA) is 113 Å². The minimum Gasteiger partial charge on any atom is -0.343 e. The Morgan fingerprint density at radius 2 is 1.06 bits per heavy atom. The van der Waals surface area contributed by atoms with Crippen molar-refractivity contribution in [2.24, 2.45) is 11.8 Å². The molecule has 9 nitrogen and oxygen atoms in total. The first-order chi connectivity index (χ1) is 30.6. The third kappa shape index (κ3) is 12.2. The molecule has 4 heterocycles. The van der Waals surface area contributed by atoms with Crippen LogP contribution in [0.4, 0.5) is 0 Å². The number of rotatable bonds is 10. The van der Waals surface area contributed by atoms with Crippen molar-refractivity contribution in [2.75, 3.05) is 39.0 Å². The standard InChI is InChI=1S/C24H28BrCl2N3O3S.C24H27BrCl2N2O/c1-34(32,33)29-8-2-3-21(31)30-9-6-15(7-10-30)23-22-16(12-19(26)13-20(22)27)4-5-17-11-18(25)14-28-24(17)23;1-2-3-4-21(30)29-9-7-15(8-10-29)23-22-16(12-19(26)13-20(22)27)5-6-17-11-18(25)14-28-24(17)23/h11-15,23,29H,2-10H2,1H3;11-15,23H,2-10H2,1H3. The van der Waals surface area contributed by atoms with Crippen molar-refractivity contribution in [3.8, 4) is 0 Å². The van der Waals surface area contributed by atoms with Gasteiger partial charge < -0.3 is 9.80 Å². The van der Waals surface area contributed by atoms with E-state index < -0.39 is 10.0 Å². The molecule has 0 bridgehead atoms. The first-order valence-electron chi connectivity index (χ1n) is 22.3. The number of aromatic nitrogens is 2. The second-order valence-electron chi connectivity index (χ2n) is 17.6. The molecule has 2 aliphatic carbocycles. The van der Waals surface area contributed by atoms with Crippen LogP contribution in [0.2, 0.25) is 20.1 Å². The van der Waals surface area contributed by atoms with Gasteiger partial charge in [-0.05, 0) is 178 Å². The molecule has 2 aromatic carbocycles. The molecule has 2 aliphatic heterocycles. The van der Waals surface area contributed by atoms with Crippen LogP contribution in [-0.4, -0.2) is 79.0 Å². The highest BCUT2D eigenvalue weighted by molar-refractivity contribution is 9.10. The molecule has 2 unspecified atom stereocenters. The number of nitrogens with zero attached hydrogens (tertiary/aromatic N) is 4. The molecule has 1 N–H and O–H groups in total. The minimum atomic E-state index is -3.23. The van der Waals surface area contributed by atoms with Crippen LogP contribution in [0.3, 0.4) is 0 Å². The molecule has 0 radical (unpaired) electrons. The van der Waals surface area contributed by atoms with Gasteiger partial charge in [-0.1, -0.05) is 59.7 Å². The molecule has 4 aromatic rings. The van der Waals surface area contributed by atoms with Crippen molar-refractivity contribution in [2.45, 2.75) is 102 Å². The van der Waals surface area contributed by atoms with Crippen molar-refractivity contribution < 1.29 is 18.0 Å². The Hall–Kier alpha value is -2.29. The van der Waals surface area contributed by atoms with Crippen molar-refractivity contribution in [3.63, 3.8) is 0 Å². The number of amides is 2. The quantitative estimate of drug-likeness (QED) is 0.158. The van der Waals surface area contributed by atoms with Gasteiger partial charge in [0.05, 0.1) is 17.6 Å². The highest BCUT2D eigenvalue weighted by atomic mass is 79.9. The molecule has 4 aliphatic rings. The molecule has 2 saturated heterocycles. The number of carbonyl (C=O) groups excluding carboxylic acids is 2. The Morgan fingerprint density at radius 1 is 0.656 bits per heavy atom. The van der Waals surface area contributed by atoms with Crippen LogP contribution < -0.4 is 4.72 Å². The molecule has 16 heteroatoms. The largest absolute Gasteiger partial charge is 0.343 e. The zero-order chi connectivity index (χ0) is 45.7. The number of piperidine rings is 2. The lowest BCUT2D eigenvalue weighted by Crippen LogP contribution is -2.40. The number of nitrogens with one attached hydrogen (secondary N) is 1. The molecule has 2 amide bonds. The molecule has 2 atom stereocenters. The number of unbranched alkanes of at least 4 members (excludes halogenated alkanes) is 1. The summed E-state index contributed by atoms with van der Waals surface area (Å²) >= 11 is 33.4. The molecule has 0 saturated carbocycles. The first-order valence-corrected chi connectivity index (χ1v) is 27.3. The maximum Gasteiger partial charge on any atom is 0.222 e. The molecular formula is C48H55Br2Cl4N5O4S. The Balaban J connectivity index is 0.000000193. The van der Waals surface area contributed by atoms with E-state index >= 15 is 0 Å². The Morgan fingerprint density at radius 3 is 1.47 bits per heavy atom. The number of benzene rings is 2. The van der Waals surface area contributed by atoms with Gasteiger partial charge in [0.2, 0.25) is 21.8 Å². The van der Waals surface area contributed by atoms with Crippen molar-refractivity contribution in [3.05, 3.63) is 123 Å². The van der Waals surface area contributed by atoms with E-state index in [1.165, 1.54) is 27.8 Å². The van der Waals surface area contributed by atoms with Gasteiger partial charge in [-0.25, -0.2) is 13.1 Å². The fourth-order valence-corrected chi connectivity index (χ4v) is 12.7. The van der Waals surface area contributed by atoms with Gasteiger partial charge >= 0.3 is 0 Å². The zero-order valence-electron chi connectivity index (χ0n) is 36.3. The van der Waals surface area contributed by atoms with Crippen LogP contribution in [0.15, 0.2) is 57.7 Å². The van der Waals surface area contributed by atoms with E-state index in [1.807, 2.05) is 40.4 Å². The molecule has 8 rings (SSSR count). The van der Waals surface area contributed by atoms with Gasteiger partial charge in [0.1, 0.15) is 0 Å². The number of hydrogen-bond acceptors (Lipinski definition) is 6. The number of halogens is 6. The summed E-state index contributed by atoms with van der Waals surface area (Å²) in [4.78, 5) is 38.8. The van der Waals surface area contributed by atoms with Gasteiger partial charge in [0, 0.05) is 98.8 Å². The molecule has 0 spiro atoms. The lowest BCUT2D eigenvalue weighted by Gasteiger charge is -2.37. The normalized spacial score (nSPS) is 19.0. The van der Waals surface area contributed by atoms with E-state index in [1.54, 1.807) is 0 Å². The summed E-state index contributed by atoms with van der Waals surface area (Å²) < 4.78 is 26.8. The van der Waals surface area contributed by atoms with E-state index in [9.17, 15) is 18.0 Å². The first kappa shape index (κ1) is 49.6. The third-order valence-electron chi connectivity index (χ3n) is 13.2. The second-order valence-corrected chi connectivity index (χ2v) is 22.9. The van der Waals surface area contributed by atoms with Crippen molar-refractivity contribution in [1.82, 2.24) is 24.5 Å². The molecule has 2 aromatic heterocycles. The molecule has 2 fully saturated rings. The van der Waals surface area contributed by atoms with E-state index in [0.29, 0.717) is 65.2 Å². The fourth-order valence-electron chi connectivity index (χ4n) is 10.2. The molecular weight excluding hydrogens is 1040 g/mol. The number of pyridine rings is 2. The molecule has 64 heavy (non-hydrogen) atoms. The Kier molecular flexibility index (Phi) is 17.2. The highest BCUT2D eigenvalue weighted by Gasteiger charge is 2.38. The number of carbonyl (C=O) groups is 2. The smallest absolute Gasteiger partial charge is 0.222 e. The van der Waals surface area contributed by atoms with E-state index in [0.717, 1.165) is 114 Å². The van der Waals surface area contributed by atoms with E-state index in [2.05, 4.69) is 61.7 Å². The van der Waals surface area contributed by atoms with Crippen LogP contribution in [0.25, 0.3) is 0 Å². The van der Waals surface area contributed by atoms with Crippen molar-refractivity contribution >= 4 is 100 Å². The SMILES string of the molecule is CCCCC(=O)N1CCC(C2c3ncc(Br)cc3CCc3cc(Cl)cc(Cl)c32)CC1.CS(=O)(=O)NCCCC(=O)N1CCC(C2c3ncc(Br)cc3CCc3cc(Cl)cc(Cl)c32)CC1. The maximum absolute atomic E-state index is 12.7. The number of sulfonamides is 1. The van der Waals surface area contributed by atoms with Crippen molar-refractivity contribution in [1.29, 1.82) is 0 Å². The van der Waals surface area contributed by atoms with E-state index in [4.69, 9.17) is 56.4 Å². The van der Waals surface area contributed by atoms with Crippen LogP contribution in [-0.2, 0) is 45.3 Å². The second kappa shape index (κ2) is 22.2. The maximum atomic E-state index is 12.7. The van der Waals surface area contributed by atoms with Crippen LogP contribution in [0.1, 0.15) is 121 Å². The Bertz CT molecular complexity index is 2460. The average molecular weight is 1100 g/mol. The van der Waals surface area contributed by atoms with Gasteiger partial charge in [-0.15, -0.1) is 0 Å². The number of aryl methyl sites for hydroxylation is 4. The van der Waals surface area contributed by atoms with Gasteiger partial charge in [-0.3, -0.25) is 19.6 Å². The van der Waals surface area contributed by atoms with Gasteiger partial charge in [0.15, 0.2) is 0 Å². The lowest BCUT2D eigenvalue weighted by molar-refractivity contribution is -0.133. The van der Waals surface area contributed by atoms with Gasteiger partial charge in [-0.2, -0.15) is 0 Å². The summed E-state index contributed by atoms with van der Waals surface area (Å²) in [5.41, 5.74) is 9.42. The summed E-state index contributed by atoms with van der Waals surface area (Å²) in [5, 5.41) is 2.76. The van der Waals surface area contributed by atoms with Crippen LogP contribution >= 0.6 is 78.3 Å². The lowest BCUT2D eigenvalue weighted by atomic mass is 9.76. The monoisotopic (exact) mass is 1100 g/mol. The predicted molar refractivity (Wildman–Crippen MR) is 266 cm³/mol. The fraction of sp³-hybridized carbons (Fsp3) is 0.500. The summed E-state index contributed by atoms with van der Waals surface area (Å²) in [7, 11) is -3.23. The number of fused-ring (bicyclic) bond motifs is 4. The predicted octanol–water partition coefficient (Wildman–Crippen LogP) is 11.8. The molecule has 344 valence electrons. The number of hydrogen-bond donors (Lipinski definition) is 1. The summed E-state index contributed by atoms with van der Waals surface area (Å²) in [6.07, 6.45) is 15.6. The highest BCUT2D eigenvalue weighted by Crippen LogP contribution is 2.48. The van der Waals surface area contributed by atoms with Gasteiger partial charge in [0.25, 0.3) is 0 Å². The summed E-state index contributed by atoms with van der Waals surface area (Å²) in [6.45, 7) is 5.38. The number of likely N-dealkylation sites (tertiary alicyclic amines) is 2. The van der Waals surface area contributed by atoms with Crippen LogP contribution in [0, 0.1) is 11.8 Å².